The molecule has 0 spiro atoms. The van der Waals surface area contributed by atoms with Gasteiger partial charge in [0.25, 0.3) is 0 Å². The van der Waals surface area contributed by atoms with Gasteiger partial charge in [-0.1, -0.05) is 0 Å². The summed E-state index contributed by atoms with van der Waals surface area (Å²) in [7, 11) is 0. The van der Waals surface area contributed by atoms with Crippen molar-refractivity contribution < 1.29 is 14.1 Å². The Labute approximate surface area is 141 Å². The number of aromatic nitrogens is 2. The molecule has 0 bridgehead atoms. The summed E-state index contributed by atoms with van der Waals surface area (Å²) >= 11 is 4.86. The largest absolute Gasteiger partial charge is 0.374 e. The number of aryl methyl sites for hydroxylation is 1. The van der Waals surface area contributed by atoms with Gasteiger partial charge in [-0.15, -0.1) is 0 Å². The van der Waals surface area contributed by atoms with Crippen LogP contribution in [-0.2, 0) is 11.3 Å². The molecule has 2 aromatic rings. The first-order chi connectivity index (χ1) is 11.4. The number of hydrogen-bond donors (Lipinski definition) is 2. The minimum Gasteiger partial charge on any atom is -0.374 e. The fraction of sp³-hybridized carbons (Fsp3) is 0.154. The molecule has 0 aliphatic rings. The van der Waals surface area contributed by atoms with Crippen molar-refractivity contribution >= 4 is 34.6 Å². The number of nitro groups is 1. The Morgan fingerprint density at radius 2 is 2.12 bits per heavy atom. The van der Waals surface area contributed by atoms with Crippen molar-refractivity contribution in [1.82, 2.24) is 15.2 Å². The topological polar surface area (TPSA) is 119 Å². The van der Waals surface area contributed by atoms with E-state index in [-0.39, 0.29) is 23.8 Å². The van der Waals surface area contributed by atoms with E-state index in [1.807, 2.05) is 0 Å². The van der Waals surface area contributed by atoms with E-state index in [4.69, 9.17) is 18.0 Å². The van der Waals surface area contributed by atoms with E-state index >= 15 is 0 Å². The van der Waals surface area contributed by atoms with Crippen LogP contribution in [-0.4, -0.2) is 25.7 Å². The Balaban J connectivity index is 1.96. The van der Waals surface area contributed by atoms with Crippen molar-refractivity contribution in [3.63, 3.8) is 0 Å². The minimum absolute atomic E-state index is 0.0147. The molecule has 0 radical (unpaired) electrons. The Morgan fingerprint density at radius 3 is 2.67 bits per heavy atom. The molecule has 1 heterocycles. The Hall–Kier alpha value is -3.08. The van der Waals surface area contributed by atoms with Gasteiger partial charge in [-0.3, -0.25) is 25.0 Å². The lowest BCUT2D eigenvalue weighted by atomic mass is 10.3. The van der Waals surface area contributed by atoms with E-state index in [9.17, 15) is 19.3 Å². The fourth-order valence-electron chi connectivity index (χ4n) is 1.80. The van der Waals surface area contributed by atoms with E-state index in [2.05, 4.69) is 10.5 Å². The number of benzene rings is 1. The van der Waals surface area contributed by atoms with Gasteiger partial charge in [-0.05, 0) is 36.5 Å². The molecule has 9 nitrogen and oxygen atoms in total. The highest BCUT2D eigenvalue weighted by atomic mass is 32.1. The second-order valence-electron chi connectivity index (χ2n) is 4.65. The summed E-state index contributed by atoms with van der Waals surface area (Å²) < 4.78 is 14.2. The number of hydrazine groups is 1. The van der Waals surface area contributed by atoms with Crippen LogP contribution in [0, 0.1) is 15.9 Å². The number of carbonyl (C=O) groups excluding carboxylic acids is 1. The van der Waals surface area contributed by atoms with Crippen LogP contribution < -0.4 is 16.2 Å². The van der Waals surface area contributed by atoms with Crippen molar-refractivity contribution in [2.24, 2.45) is 5.73 Å². The lowest BCUT2D eigenvalue weighted by molar-refractivity contribution is -0.385. The van der Waals surface area contributed by atoms with Crippen LogP contribution in [0.25, 0.3) is 0 Å². The molecule has 0 atom stereocenters. The van der Waals surface area contributed by atoms with Gasteiger partial charge in [-0.25, -0.2) is 9.40 Å². The van der Waals surface area contributed by atoms with Gasteiger partial charge >= 0.3 is 5.69 Å². The Morgan fingerprint density at radius 1 is 1.46 bits per heavy atom. The fourth-order valence-corrected chi connectivity index (χ4v) is 1.95. The molecule has 0 aliphatic carbocycles. The highest BCUT2D eigenvalue weighted by Crippen LogP contribution is 2.13. The number of rotatable bonds is 5. The van der Waals surface area contributed by atoms with Crippen molar-refractivity contribution in [2.45, 2.75) is 13.0 Å². The summed E-state index contributed by atoms with van der Waals surface area (Å²) in [6.45, 7) is 0.133. The second-order valence-corrected chi connectivity index (χ2v) is 5.07. The predicted octanol–water partition coefficient (Wildman–Crippen LogP) is 1.10. The molecule has 0 fully saturated rings. The zero-order valence-corrected chi connectivity index (χ0v) is 13.1. The molecule has 3 N–H and O–H groups in total. The minimum atomic E-state index is -0.577. The summed E-state index contributed by atoms with van der Waals surface area (Å²) in [5.74, 6) is -0.876. The number of nitrogens with zero attached hydrogens (tertiary/aromatic N) is 4. The maximum atomic E-state index is 13.0. The van der Waals surface area contributed by atoms with E-state index in [0.717, 1.165) is 11.2 Å². The molecule has 1 amide bonds. The van der Waals surface area contributed by atoms with Crippen molar-refractivity contribution in [1.29, 1.82) is 0 Å². The monoisotopic (exact) mass is 352 g/mol. The Bertz CT molecular complexity index is 763. The summed E-state index contributed by atoms with van der Waals surface area (Å²) in [5.41, 5.74) is 8.27. The number of hydrogen-bond acceptors (Lipinski definition) is 5. The van der Waals surface area contributed by atoms with E-state index < -0.39 is 16.6 Å². The number of anilines is 1. The molecule has 0 saturated carbocycles. The van der Waals surface area contributed by atoms with Gasteiger partial charge in [-0.2, -0.15) is 5.10 Å². The molecule has 2 rings (SSSR count). The molecular weight excluding hydrogens is 339 g/mol. The zero-order chi connectivity index (χ0) is 17.7. The average Bonchev–Trinajstić information content (AvgIpc) is 3.00. The van der Waals surface area contributed by atoms with Gasteiger partial charge in [0.05, 0.1) is 17.2 Å². The third-order valence-corrected chi connectivity index (χ3v) is 3.12. The van der Waals surface area contributed by atoms with E-state index in [1.54, 1.807) is 0 Å². The molecular formula is C13H13FN6O3S. The second kappa shape index (κ2) is 7.46. The number of halogens is 1. The molecule has 0 unspecified atom stereocenters. The first kappa shape index (κ1) is 17.3. The lowest BCUT2D eigenvalue weighted by Gasteiger charge is -2.23. The smallest absolute Gasteiger partial charge is 0.306 e. The van der Waals surface area contributed by atoms with E-state index in [0.29, 0.717) is 5.69 Å². The molecule has 11 heteroatoms. The standard InChI is InChI=1S/C13H13FN6O3S/c14-9-1-3-10(4-2-9)19(13(15)24)17-12(21)5-6-18-8-11(7-16-18)20(22)23/h1-4,7-8H,5-6H2,(H2,15,24)(H,17,21). The third-order valence-electron chi connectivity index (χ3n) is 2.94. The van der Waals surface area contributed by atoms with Crippen LogP contribution in [0.4, 0.5) is 15.8 Å². The molecule has 1 aromatic carbocycles. The van der Waals surface area contributed by atoms with Crippen molar-refractivity contribution in [2.75, 3.05) is 5.01 Å². The summed E-state index contributed by atoms with van der Waals surface area (Å²) in [6.07, 6.45) is 2.30. The normalized spacial score (nSPS) is 10.2. The highest BCUT2D eigenvalue weighted by molar-refractivity contribution is 7.80. The van der Waals surface area contributed by atoms with Gasteiger partial charge < -0.3 is 5.73 Å². The number of nitrogens with two attached hydrogens (primary N) is 1. The van der Waals surface area contributed by atoms with E-state index in [1.165, 1.54) is 35.1 Å². The maximum absolute atomic E-state index is 13.0. The van der Waals surface area contributed by atoms with Crippen LogP contribution in [0.5, 0.6) is 0 Å². The van der Waals surface area contributed by atoms with Crippen LogP contribution in [0.1, 0.15) is 6.42 Å². The zero-order valence-electron chi connectivity index (χ0n) is 12.3. The molecule has 0 saturated heterocycles. The first-order valence-corrected chi connectivity index (χ1v) is 7.09. The third kappa shape index (κ3) is 4.46. The van der Waals surface area contributed by atoms with Crippen LogP contribution in [0.2, 0.25) is 0 Å². The maximum Gasteiger partial charge on any atom is 0.306 e. The summed E-state index contributed by atoms with van der Waals surface area (Å²) in [6, 6.07) is 5.22. The highest BCUT2D eigenvalue weighted by Gasteiger charge is 2.14. The van der Waals surface area contributed by atoms with Crippen molar-refractivity contribution in [3.8, 4) is 0 Å². The molecule has 1 aromatic heterocycles. The summed E-state index contributed by atoms with van der Waals surface area (Å²) in [5, 5.41) is 15.4. The number of carbonyl (C=O) groups is 1. The van der Waals surface area contributed by atoms with Gasteiger partial charge in [0.1, 0.15) is 18.2 Å². The number of amides is 1. The molecule has 126 valence electrons. The van der Waals surface area contributed by atoms with Crippen LogP contribution >= 0.6 is 12.2 Å². The van der Waals surface area contributed by atoms with Crippen LogP contribution in [0.3, 0.4) is 0 Å². The quantitative estimate of drug-likeness (QED) is 0.470. The SMILES string of the molecule is NC(=S)N(NC(=O)CCn1cc([N+](=O)[O-])cn1)c1ccc(F)cc1. The Kier molecular flexibility index (Phi) is 5.37. The lowest BCUT2D eigenvalue weighted by Crippen LogP contribution is -2.49. The number of nitrogens with one attached hydrogen (secondary N) is 1. The van der Waals surface area contributed by atoms with Gasteiger partial charge in [0, 0.05) is 6.42 Å². The van der Waals surface area contributed by atoms with Crippen LogP contribution in [0.15, 0.2) is 36.7 Å². The molecule has 0 aliphatic heterocycles. The average molecular weight is 352 g/mol. The van der Waals surface area contributed by atoms with Gasteiger partial charge in [0.2, 0.25) is 5.91 Å². The molecule has 24 heavy (non-hydrogen) atoms. The first-order valence-electron chi connectivity index (χ1n) is 6.68. The number of thiocarbonyl (C=S) groups is 1. The predicted molar refractivity (Wildman–Crippen MR) is 87.3 cm³/mol. The van der Waals surface area contributed by atoms with Gasteiger partial charge in [0.15, 0.2) is 5.11 Å². The van der Waals surface area contributed by atoms with Crippen molar-refractivity contribution in [3.05, 3.63) is 52.6 Å². The summed E-state index contributed by atoms with van der Waals surface area (Å²) in [4.78, 5) is 22.0.